The standard InChI is InChI=1S/C12H25NO2/c1-11(15)7-8-13(9-10-14)12-5-3-2-4-6-12/h11-12,14-15H,2-10H2,1H3. The van der Waals surface area contributed by atoms with E-state index in [0.717, 1.165) is 19.5 Å². The first-order valence-corrected chi connectivity index (χ1v) is 6.27. The van der Waals surface area contributed by atoms with Crippen LogP contribution in [0.5, 0.6) is 0 Å². The van der Waals surface area contributed by atoms with E-state index in [-0.39, 0.29) is 12.7 Å². The predicted octanol–water partition coefficient (Wildman–Crippen LogP) is 1.38. The fourth-order valence-corrected chi connectivity index (χ4v) is 2.40. The van der Waals surface area contributed by atoms with E-state index in [1.807, 2.05) is 6.92 Å². The molecule has 1 unspecified atom stereocenters. The van der Waals surface area contributed by atoms with Crippen LogP contribution in [-0.2, 0) is 0 Å². The van der Waals surface area contributed by atoms with E-state index in [9.17, 15) is 5.11 Å². The van der Waals surface area contributed by atoms with Crippen molar-refractivity contribution in [1.29, 1.82) is 0 Å². The SMILES string of the molecule is CC(O)CCN(CCO)C1CCCCC1. The van der Waals surface area contributed by atoms with E-state index in [1.54, 1.807) is 0 Å². The topological polar surface area (TPSA) is 43.7 Å². The first-order chi connectivity index (χ1) is 7.24. The molecule has 0 bridgehead atoms. The van der Waals surface area contributed by atoms with Crippen LogP contribution in [0.2, 0.25) is 0 Å². The van der Waals surface area contributed by atoms with E-state index >= 15 is 0 Å². The Kier molecular flexibility index (Phi) is 6.22. The summed E-state index contributed by atoms with van der Waals surface area (Å²) in [6.07, 6.45) is 7.12. The number of aliphatic hydroxyl groups is 2. The Morgan fingerprint density at radius 2 is 1.87 bits per heavy atom. The molecule has 3 heteroatoms. The van der Waals surface area contributed by atoms with Gasteiger partial charge in [0.25, 0.3) is 0 Å². The van der Waals surface area contributed by atoms with Crippen molar-refractivity contribution in [3.05, 3.63) is 0 Å². The van der Waals surface area contributed by atoms with Gasteiger partial charge >= 0.3 is 0 Å². The quantitative estimate of drug-likeness (QED) is 0.703. The fourth-order valence-electron chi connectivity index (χ4n) is 2.40. The predicted molar refractivity (Wildman–Crippen MR) is 61.8 cm³/mol. The smallest absolute Gasteiger partial charge is 0.0558 e. The van der Waals surface area contributed by atoms with Gasteiger partial charge in [-0.15, -0.1) is 0 Å². The highest BCUT2D eigenvalue weighted by atomic mass is 16.3. The summed E-state index contributed by atoms with van der Waals surface area (Å²) in [5.41, 5.74) is 0. The Balaban J connectivity index is 2.33. The van der Waals surface area contributed by atoms with E-state index in [0.29, 0.717) is 6.04 Å². The molecule has 0 aromatic heterocycles. The summed E-state index contributed by atoms with van der Waals surface area (Å²) in [5.74, 6) is 0. The van der Waals surface area contributed by atoms with Crippen molar-refractivity contribution in [2.75, 3.05) is 19.7 Å². The molecule has 1 fully saturated rings. The lowest BCUT2D eigenvalue weighted by Gasteiger charge is -2.34. The second kappa shape index (κ2) is 7.20. The normalized spacial score (nSPS) is 20.8. The van der Waals surface area contributed by atoms with Crippen molar-refractivity contribution in [2.45, 2.75) is 57.6 Å². The maximum Gasteiger partial charge on any atom is 0.0558 e. The van der Waals surface area contributed by atoms with Crippen LogP contribution >= 0.6 is 0 Å². The molecule has 0 aromatic carbocycles. The highest BCUT2D eigenvalue weighted by molar-refractivity contribution is 4.76. The van der Waals surface area contributed by atoms with Gasteiger partial charge in [-0.2, -0.15) is 0 Å². The van der Waals surface area contributed by atoms with Gasteiger partial charge in [0, 0.05) is 19.1 Å². The fraction of sp³-hybridized carbons (Fsp3) is 1.00. The van der Waals surface area contributed by atoms with Gasteiger partial charge in [-0.3, -0.25) is 4.90 Å². The van der Waals surface area contributed by atoms with Crippen LogP contribution in [0.25, 0.3) is 0 Å². The second-order valence-corrected chi connectivity index (χ2v) is 4.69. The average Bonchev–Trinajstić information content (AvgIpc) is 2.25. The van der Waals surface area contributed by atoms with Crippen molar-refractivity contribution in [3.63, 3.8) is 0 Å². The zero-order valence-corrected chi connectivity index (χ0v) is 9.86. The third kappa shape index (κ3) is 4.96. The Hall–Kier alpha value is -0.120. The van der Waals surface area contributed by atoms with Gasteiger partial charge in [-0.05, 0) is 26.2 Å². The lowest BCUT2D eigenvalue weighted by atomic mass is 9.94. The Bertz CT molecular complexity index is 156. The Morgan fingerprint density at radius 3 is 2.40 bits per heavy atom. The lowest BCUT2D eigenvalue weighted by Crippen LogP contribution is -2.40. The summed E-state index contributed by atoms with van der Waals surface area (Å²) in [4.78, 5) is 2.35. The number of nitrogens with zero attached hydrogens (tertiary/aromatic N) is 1. The van der Waals surface area contributed by atoms with Crippen LogP contribution in [0.4, 0.5) is 0 Å². The zero-order valence-electron chi connectivity index (χ0n) is 9.86. The summed E-state index contributed by atoms with van der Waals surface area (Å²) in [6, 6.07) is 0.643. The molecule has 1 rings (SSSR count). The molecule has 0 aromatic rings. The zero-order chi connectivity index (χ0) is 11.1. The molecule has 90 valence electrons. The van der Waals surface area contributed by atoms with Gasteiger partial charge < -0.3 is 10.2 Å². The third-order valence-corrected chi connectivity index (χ3v) is 3.31. The van der Waals surface area contributed by atoms with Crippen molar-refractivity contribution in [1.82, 2.24) is 4.90 Å². The third-order valence-electron chi connectivity index (χ3n) is 3.31. The summed E-state index contributed by atoms with van der Waals surface area (Å²) in [6.45, 7) is 3.74. The van der Waals surface area contributed by atoms with Gasteiger partial charge in [0.05, 0.1) is 12.7 Å². The number of hydrogen-bond acceptors (Lipinski definition) is 3. The summed E-state index contributed by atoms with van der Waals surface area (Å²) >= 11 is 0. The molecular formula is C12H25NO2. The molecule has 1 atom stereocenters. The minimum atomic E-state index is -0.227. The number of hydrogen-bond donors (Lipinski definition) is 2. The van der Waals surface area contributed by atoms with Crippen LogP contribution in [0.3, 0.4) is 0 Å². The molecule has 1 saturated carbocycles. The molecule has 3 nitrogen and oxygen atoms in total. The van der Waals surface area contributed by atoms with E-state index in [1.165, 1.54) is 32.1 Å². The number of rotatable bonds is 6. The monoisotopic (exact) mass is 215 g/mol. The summed E-state index contributed by atoms with van der Waals surface area (Å²) in [5, 5.41) is 18.3. The van der Waals surface area contributed by atoms with E-state index < -0.39 is 0 Å². The molecule has 1 aliphatic carbocycles. The van der Waals surface area contributed by atoms with Gasteiger partial charge in [0.15, 0.2) is 0 Å². The maximum atomic E-state index is 9.28. The van der Waals surface area contributed by atoms with Crippen molar-refractivity contribution < 1.29 is 10.2 Å². The molecule has 2 N–H and O–H groups in total. The van der Waals surface area contributed by atoms with Gasteiger partial charge in [0.2, 0.25) is 0 Å². The van der Waals surface area contributed by atoms with Crippen LogP contribution in [-0.4, -0.2) is 47.0 Å². The van der Waals surface area contributed by atoms with Crippen LogP contribution in [0.1, 0.15) is 45.4 Å². The van der Waals surface area contributed by atoms with Crippen molar-refractivity contribution in [2.24, 2.45) is 0 Å². The highest BCUT2D eigenvalue weighted by Gasteiger charge is 2.20. The van der Waals surface area contributed by atoms with Crippen LogP contribution in [0.15, 0.2) is 0 Å². The molecule has 0 saturated heterocycles. The summed E-state index contributed by atoms with van der Waals surface area (Å²) < 4.78 is 0. The molecule has 0 aliphatic heterocycles. The van der Waals surface area contributed by atoms with Gasteiger partial charge in [-0.1, -0.05) is 19.3 Å². The summed E-state index contributed by atoms with van der Waals surface area (Å²) in [7, 11) is 0. The number of aliphatic hydroxyl groups excluding tert-OH is 2. The molecule has 15 heavy (non-hydrogen) atoms. The molecule has 0 amide bonds. The Morgan fingerprint density at radius 1 is 1.20 bits per heavy atom. The minimum Gasteiger partial charge on any atom is -0.395 e. The van der Waals surface area contributed by atoms with Crippen LogP contribution in [0, 0.1) is 0 Å². The average molecular weight is 215 g/mol. The van der Waals surface area contributed by atoms with Crippen LogP contribution < -0.4 is 0 Å². The molecular weight excluding hydrogens is 190 g/mol. The Labute approximate surface area is 93.1 Å². The minimum absolute atomic E-state index is 0.227. The second-order valence-electron chi connectivity index (χ2n) is 4.69. The van der Waals surface area contributed by atoms with E-state index in [2.05, 4.69) is 4.90 Å². The van der Waals surface area contributed by atoms with E-state index in [4.69, 9.17) is 5.11 Å². The van der Waals surface area contributed by atoms with Crippen molar-refractivity contribution >= 4 is 0 Å². The molecule has 0 spiro atoms. The first kappa shape index (κ1) is 12.9. The lowest BCUT2D eigenvalue weighted by molar-refractivity contribution is 0.0978. The first-order valence-electron chi connectivity index (χ1n) is 6.27. The largest absolute Gasteiger partial charge is 0.395 e. The van der Waals surface area contributed by atoms with Crippen molar-refractivity contribution in [3.8, 4) is 0 Å². The molecule has 0 radical (unpaired) electrons. The molecule has 0 heterocycles. The highest BCUT2D eigenvalue weighted by Crippen LogP contribution is 2.22. The molecule has 1 aliphatic rings. The maximum absolute atomic E-state index is 9.28. The van der Waals surface area contributed by atoms with Gasteiger partial charge in [0.1, 0.15) is 0 Å². The van der Waals surface area contributed by atoms with Gasteiger partial charge in [-0.25, -0.2) is 0 Å².